The van der Waals surface area contributed by atoms with Gasteiger partial charge in [-0.05, 0) is 29.0 Å². The molecule has 0 radical (unpaired) electrons. The lowest BCUT2D eigenvalue weighted by atomic mass is 10.1. The third-order valence-electron chi connectivity index (χ3n) is 2.24. The molecule has 0 saturated carbocycles. The molecule has 90 valence electrons. The number of aliphatic hydroxyl groups is 1. The first-order chi connectivity index (χ1) is 8.06. The number of hydrogen-bond donors (Lipinski definition) is 1. The summed E-state index contributed by atoms with van der Waals surface area (Å²) in [7, 11) is 1.64. The maximum atomic E-state index is 13.1. The van der Waals surface area contributed by atoms with E-state index in [0.29, 0.717) is 15.9 Å². The van der Waals surface area contributed by atoms with Crippen molar-refractivity contribution in [3.05, 3.63) is 39.9 Å². The maximum absolute atomic E-state index is 13.1. The van der Waals surface area contributed by atoms with Crippen molar-refractivity contribution < 1.29 is 9.50 Å². The molecule has 1 heterocycles. The fourth-order valence-electron chi connectivity index (χ4n) is 1.46. The second kappa shape index (κ2) is 4.89. The van der Waals surface area contributed by atoms with Gasteiger partial charge in [0.2, 0.25) is 0 Å². The van der Waals surface area contributed by atoms with Crippen molar-refractivity contribution in [2.24, 2.45) is 7.05 Å². The van der Waals surface area contributed by atoms with Gasteiger partial charge in [0.05, 0.1) is 13.2 Å². The Morgan fingerprint density at radius 1 is 1.53 bits per heavy atom. The molecule has 1 N–H and O–H groups in total. The maximum Gasteiger partial charge on any atom is 0.177 e. The molecular weight excluding hydrogens is 291 g/mol. The Morgan fingerprint density at radius 3 is 2.94 bits per heavy atom. The summed E-state index contributed by atoms with van der Waals surface area (Å²) >= 11 is 3.26. The van der Waals surface area contributed by atoms with Gasteiger partial charge < -0.3 is 5.11 Å². The fourth-order valence-corrected chi connectivity index (χ4v) is 1.97. The van der Waals surface area contributed by atoms with Crippen molar-refractivity contribution in [2.75, 3.05) is 0 Å². The lowest BCUT2D eigenvalue weighted by Gasteiger charge is -2.10. The number of tetrazole rings is 1. The molecule has 0 aliphatic rings. The lowest BCUT2D eigenvalue weighted by Crippen LogP contribution is -2.05. The highest BCUT2D eigenvalue weighted by Crippen LogP contribution is 2.26. The Morgan fingerprint density at radius 2 is 2.29 bits per heavy atom. The van der Waals surface area contributed by atoms with Crippen molar-refractivity contribution in [1.29, 1.82) is 0 Å². The third kappa shape index (κ3) is 2.86. The summed E-state index contributed by atoms with van der Waals surface area (Å²) in [4.78, 5) is 1.31. The van der Waals surface area contributed by atoms with Gasteiger partial charge in [0, 0.05) is 10.9 Å². The van der Waals surface area contributed by atoms with Gasteiger partial charge >= 0.3 is 0 Å². The zero-order valence-corrected chi connectivity index (χ0v) is 10.6. The first kappa shape index (κ1) is 12.1. The summed E-state index contributed by atoms with van der Waals surface area (Å²) in [6.07, 6.45) is -0.681. The van der Waals surface area contributed by atoms with E-state index in [2.05, 4.69) is 31.3 Å². The highest BCUT2D eigenvalue weighted by Gasteiger charge is 2.15. The van der Waals surface area contributed by atoms with Crippen LogP contribution in [0.3, 0.4) is 0 Å². The fraction of sp³-hybridized carbons (Fsp3) is 0.300. The minimum Gasteiger partial charge on any atom is -0.388 e. The summed E-state index contributed by atoms with van der Waals surface area (Å²) in [5.41, 5.74) is 0.470. The second-order valence-electron chi connectivity index (χ2n) is 3.58. The van der Waals surface area contributed by atoms with Crippen molar-refractivity contribution in [2.45, 2.75) is 12.5 Å². The number of aromatic nitrogens is 4. The number of nitrogens with zero attached hydrogens (tertiary/aromatic N) is 4. The van der Waals surface area contributed by atoms with Gasteiger partial charge in [0.1, 0.15) is 5.82 Å². The standard InChI is InChI=1S/C10H10BrFN4O/c1-16-14-10(13-15-16)5-9(17)7-4-6(12)2-3-8(7)11/h2-4,9,17H,5H2,1H3. The number of aryl methyl sites for hydroxylation is 1. The SMILES string of the molecule is Cn1nnc(CC(O)c2cc(F)ccc2Br)n1. The normalized spacial score (nSPS) is 12.7. The van der Waals surface area contributed by atoms with Gasteiger partial charge in [-0.2, -0.15) is 4.80 Å². The van der Waals surface area contributed by atoms with Crippen LogP contribution in [0.25, 0.3) is 0 Å². The zero-order chi connectivity index (χ0) is 12.4. The van der Waals surface area contributed by atoms with Crippen LogP contribution in [0.4, 0.5) is 4.39 Å². The minimum absolute atomic E-state index is 0.190. The summed E-state index contributed by atoms with van der Waals surface area (Å²) in [5.74, 6) is 0.0190. The molecule has 2 aromatic rings. The van der Waals surface area contributed by atoms with Gasteiger partial charge in [0.25, 0.3) is 0 Å². The predicted molar refractivity (Wildman–Crippen MR) is 61.6 cm³/mol. The number of rotatable bonds is 3. The van der Waals surface area contributed by atoms with Crippen LogP contribution in [0.2, 0.25) is 0 Å². The van der Waals surface area contributed by atoms with Crippen LogP contribution in [0, 0.1) is 5.82 Å². The third-order valence-corrected chi connectivity index (χ3v) is 2.96. The Labute approximate surface area is 105 Å². The Balaban J connectivity index is 2.19. The zero-order valence-electron chi connectivity index (χ0n) is 9.01. The number of aliphatic hydroxyl groups excluding tert-OH is 1. The van der Waals surface area contributed by atoms with E-state index in [9.17, 15) is 9.50 Å². The molecule has 0 amide bonds. The van der Waals surface area contributed by atoms with Crippen LogP contribution in [0.15, 0.2) is 22.7 Å². The molecule has 0 fully saturated rings. The number of hydrogen-bond acceptors (Lipinski definition) is 4. The molecule has 0 aliphatic carbocycles. The van der Waals surface area contributed by atoms with Gasteiger partial charge in [-0.1, -0.05) is 15.9 Å². The number of halogens is 2. The highest BCUT2D eigenvalue weighted by molar-refractivity contribution is 9.10. The molecule has 1 unspecified atom stereocenters. The average Bonchev–Trinajstić information content (AvgIpc) is 2.67. The molecule has 7 heteroatoms. The summed E-state index contributed by atoms with van der Waals surface area (Å²) in [6.45, 7) is 0. The molecule has 2 rings (SSSR count). The quantitative estimate of drug-likeness (QED) is 0.930. The molecule has 0 bridgehead atoms. The van der Waals surface area contributed by atoms with Crippen molar-refractivity contribution in [3.8, 4) is 0 Å². The van der Waals surface area contributed by atoms with E-state index < -0.39 is 11.9 Å². The molecule has 0 aliphatic heterocycles. The molecule has 1 atom stereocenters. The van der Waals surface area contributed by atoms with Crippen molar-refractivity contribution >= 4 is 15.9 Å². The monoisotopic (exact) mass is 300 g/mol. The number of benzene rings is 1. The first-order valence-electron chi connectivity index (χ1n) is 4.92. The summed E-state index contributed by atoms with van der Waals surface area (Å²) in [6, 6.07) is 4.16. The highest BCUT2D eigenvalue weighted by atomic mass is 79.9. The molecule has 5 nitrogen and oxygen atoms in total. The van der Waals surface area contributed by atoms with E-state index in [1.165, 1.54) is 16.9 Å². The van der Waals surface area contributed by atoms with Gasteiger partial charge in [-0.15, -0.1) is 10.2 Å². The van der Waals surface area contributed by atoms with E-state index in [1.807, 2.05) is 0 Å². The topological polar surface area (TPSA) is 63.8 Å². The Kier molecular flexibility index (Phi) is 3.49. The minimum atomic E-state index is -0.871. The summed E-state index contributed by atoms with van der Waals surface area (Å²) in [5, 5.41) is 21.4. The van der Waals surface area contributed by atoms with E-state index in [-0.39, 0.29) is 6.42 Å². The first-order valence-corrected chi connectivity index (χ1v) is 5.71. The van der Waals surface area contributed by atoms with Crippen molar-refractivity contribution in [1.82, 2.24) is 20.2 Å². The smallest absolute Gasteiger partial charge is 0.177 e. The van der Waals surface area contributed by atoms with E-state index >= 15 is 0 Å². The average molecular weight is 301 g/mol. The molecule has 0 spiro atoms. The van der Waals surface area contributed by atoms with E-state index in [1.54, 1.807) is 13.1 Å². The molecule has 1 aromatic carbocycles. The van der Waals surface area contributed by atoms with Crippen LogP contribution >= 0.6 is 15.9 Å². The molecule has 0 saturated heterocycles. The van der Waals surface area contributed by atoms with Crippen molar-refractivity contribution in [3.63, 3.8) is 0 Å². The van der Waals surface area contributed by atoms with E-state index in [4.69, 9.17) is 0 Å². The molecule has 17 heavy (non-hydrogen) atoms. The Bertz CT molecular complexity index is 531. The predicted octanol–water partition coefficient (Wildman–Crippen LogP) is 1.39. The molecular formula is C10H10BrFN4O. The van der Waals surface area contributed by atoms with Crippen LogP contribution in [0.5, 0.6) is 0 Å². The van der Waals surface area contributed by atoms with Crippen LogP contribution < -0.4 is 0 Å². The summed E-state index contributed by atoms with van der Waals surface area (Å²) < 4.78 is 13.7. The second-order valence-corrected chi connectivity index (χ2v) is 4.44. The van der Waals surface area contributed by atoms with E-state index in [0.717, 1.165) is 0 Å². The lowest BCUT2D eigenvalue weighted by molar-refractivity contribution is 0.174. The largest absolute Gasteiger partial charge is 0.388 e. The van der Waals surface area contributed by atoms with Gasteiger partial charge in [-0.25, -0.2) is 4.39 Å². The molecule has 1 aromatic heterocycles. The Hall–Kier alpha value is -1.34. The van der Waals surface area contributed by atoms with Gasteiger partial charge in [0.15, 0.2) is 5.82 Å². The van der Waals surface area contributed by atoms with Gasteiger partial charge in [-0.3, -0.25) is 0 Å². The van der Waals surface area contributed by atoms with Crippen LogP contribution in [0.1, 0.15) is 17.5 Å². The van der Waals surface area contributed by atoms with Crippen LogP contribution in [-0.2, 0) is 13.5 Å². The van der Waals surface area contributed by atoms with Crippen LogP contribution in [-0.4, -0.2) is 25.3 Å².